The molecule has 0 aliphatic rings. The standard InChI is InChI=1S/C78H60N4O2/c1-5-49-35-50(6-2)38-61(37-49)81-71-25-17-15-23-63(71)65-31-27-57(45-73(65)81)79(55-19-11-9-12-20-55)59-29-33-67-69-41-53-44-76-70(42-54(53)43-75(69)83-77(67)47-59)68-34-30-60(48-78(68)84-76)80(56-21-13-10-14-22-56)58-28-32-66-64-24-16-18-26-72(64)82(74(66)46-58)62-39-51(7-3)36-52(8-4)40-62/h9-48H,5-8H2,1-4H3. The van der Waals surface area contributed by atoms with Crippen LogP contribution in [0.2, 0.25) is 0 Å². The van der Waals surface area contributed by atoms with Crippen LogP contribution in [0.15, 0.2) is 251 Å². The fourth-order valence-corrected chi connectivity index (χ4v) is 13.4. The van der Waals surface area contributed by atoms with Crippen LogP contribution in [0, 0.1) is 0 Å². The number of aromatic nitrogens is 2. The molecule has 4 heterocycles. The minimum atomic E-state index is 0.832. The van der Waals surface area contributed by atoms with Gasteiger partial charge in [0.25, 0.3) is 0 Å². The number of nitrogens with zero attached hydrogens (tertiary/aromatic N) is 4. The van der Waals surface area contributed by atoms with Crippen LogP contribution in [-0.2, 0) is 25.7 Å². The summed E-state index contributed by atoms with van der Waals surface area (Å²) < 4.78 is 18.7. The molecule has 0 bridgehead atoms. The molecule has 404 valence electrons. The molecule has 0 saturated carbocycles. The minimum Gasteiger partial charge on any atom is -0.456 e. The highest BCUT2D eigenvalue weighted by molar-refractivity contribution is 6.17. The minimum absolute atomic E-state index is 0.832. The molecule has 6 heteroatoms. The van der Waals surface area contributed by atoms with Gasteiger partial charge in [0, 0.05) is 101 Å². The maximum Gasteiger partial charge on any atom is 0.137 e. The Balaban J connectivity index is 0.787. The summed E-state index contributed by atoms with van der Waals surface area (Å²) in [5.74, 6) is 0. The van der Waals surface area contributed by atoms with Gasteiger partial charge in [-0.15, -0.1) is 0 Å². The molecule has 0 radical (unpaired) electrons. The molecule has 0 aliphatic carbocycles. The first-order valence-electron chi connectivity index (χ1n) is 29.7. The topological polar surface area (TPSA) is 42.6 Å². The van der Waals surface area contributed by atoms with Crippen molar-refractivity contribution in [3.8, 4) is 11.4 Å². The van der Waals surface area contributed by atoms with Crippen LogP contribution < -0.4 is 9.80 Å². The van der Waals surface area contributed by atoms with Gasteiger partial charge in [-0.25, -0.2) is 0 Å². The zero-order valence-electron chi connectivity index (χ0n) is 47.5. The van der Waals surface area contributed by atoms with Crippen LogP contribution in [0.5, 0.6) is 0 Å². The lowest BCUT2D eigenvalue weighted by atomic mass is 10.0. The highest BCUT2D eigenvalue weighted by atomic mass is 16.3. The van der Waals surface area contributed by atoms with Crippen molar-refractivity contribution in [3.63, 3.8) is 0 Å². The lowest BCUT2D eigenvalue weighted by Gasteiger charge is -2.25. The predicted molar refractivity (Wildman–Crippen MR) is 354 cm³/mol. The van der Waals surface area contributed by atoms with Crippen molar-refractivity contribution in [2.75, 3.05) is 9.80 Å². The van der Waals surface area contributed by atoms with E-state index in [4.69, 9.17) is 8.83 Å². The molecule has 0 amide bonds. The molecule has 0 saturated heterocycles. The maximum absolute atomic E-state index is 6.90. The fraction of sp³-hybridized carbons (Fsp3) is 0.103. The van der Waals surface area contributed by atoms with Crippen LogP contribution in [0.25, 0.3) is 110 Å². The van der Waals surface area contributed by atoms with Crippen molar-refractivity contribution in [1.29, 1.82) is 0 Å². The van der Waals surface area contributed by atoms with Gasteiger partial charge in [0.2, 0.25) is 0 Å². The van der Waals surface area contributed by atoms with Crippen molar-refractivity contribution < 1.29 is 8.83 Å². The maximum atomic E-state index is 6.90. The lowest BCUT2D eigenvalue weighted by Crippen LogP contribution is -2.10. The summed E-state index contributed by atoms with van der Waals surface area (Å²) in [6, 6.07) is 89.1. The molecule has 0 spiro atoms. The predicted octanol–water partition coefficient (Wildman–Crippen LogP) is 22.0. The van der Waals surface area contributed by atoms with Gasteiger partial charge in [-0.1, -0.05) is 125 Å². The van der Waals surface area contributed by atoms with Crippen LogP contribution in [0.4, 0.5) is 34.1 Å². The molecule has 0 atom stereocenters. The smallest absolute Gasteiger partial charge is 0.137 e. The second-order valence-corrected chi connectivity index (χ2v) is 22.5. The van der Waals surface area contributed by atoms with Gasteiger partial charge < -0.3 is 27.8 Å². The first-order valence-corrected chi connectivity index (χ1v) is 29.7. The number of para-hydroxylation sites is 4. The molecule has 16 rings (SSSR count). The van der Waals surface area contributed by atoms with Crippen molar-refractivity contribution in [1.82, 2.24) is 9.13 Å². The van der Waals surface area contributed by atoms with Gasteiger partial charge in [0.05, 0.1) is 22.1 Å². The highest BCUT2D eigenvalue weighted by Gasteiger charge is 2.23. The average molecular weight is 1090 g/mol. The first-order chi connectivity index (χ1) is 41.4. The Morgan fingerprint density at radius 3 is 0.988 bits per heavy atom. The van der Waals surface area contributed by atoms with Gasteiger partial charge in [-0.2, -0.15) is 0 Å². The van der Waals surface area contributed by atoms with E-state index in [1.165, 1.54) is 77.2 Å². The SMILES string of the molecule is CCc1cc(CC)cc(-n2c3ccccc3c3ccc(N(c4ccccc4)c4ccc5c(c4)oc4cc6cc7c(cc6cc45)oc4cc(N(c5ccccc5)c5ccc6c8ccccc8n(-c8cc(CC)cc(CC)c8)c6c5)ccc47)cc32)c1. The third-order valence-corrected chi connectivity index (χ3v) is 17.6. The van der Waals surface area contributed by atoms with E-state index in [2.05, 4.69) is 289 Å². The monoisotopic (exact) mass is 1080 g/mol. The number of rotatable bonds is 12. The normalized spacial score (nSPS) is 12.0. The molecule has 16 aromatic rings. The van der Waals surface area contributed by atoms with Crippen molar-refractivity contribution in [3.05, 3.63) is 265 Å². The Bertz CT molecular complexity index is 4900. The Morgan fingerprint density at radius 2 is 0.595 bits per heavy atom. The number of hydrogen-bond acceptors (Lipinski definition) is 4. The first kappa shape index (κ1) is 49.5. The van der Waals surface area contributed by atoms with E-state index in [-0.39, 0.29) is 0 Å². The molecular weight excluding hydrogens is 1020 g/mol. The summed E-state index contributed by atoms with van der Waals surface area (Å²) in [4.78, 5) is 4.70. The number of fused-ring (bicyclic) bond motifs is 13. The molecule has 0 fully saturated rings. The zero-order chi connectivity index (χ0) is 56.2. The van der Waals surface area contributed by atoms with Crippen molar-refractivity contribution in [2.24, 2.45) is 0 Å². The van der Waals surface area contributed by atoms with Gasteiger partial charge in [-0.3, -0.25) is 0 Å². The van der Waals surface area contributed by atoms with E-state index in [0.717, 1.165) is 114 Å². The van der Waals surface area contributed by atoms with E-state index < -0.39 is 0 Å². The van der Waals surface area contributed by atoms with E-state index in [0.29, 0.717) is 0 Å². The Kier molecular flexibility index (Phi) is 11.6. The molecule has 0 unspecified atom stereocenters. The average Bonchev–Trinajstić information content (AvgIpc) is 2.20. The number of benzene rings is 12. The second-order valence-electron chi connectivity index (χ2n) is 22.5. The number of furan rings is 2. The molecule has 4 aromatic heterocycles. The molecule has 6 nitrogen and oxygen atoms in total. The summed E-state index contributed by atoms with van der Waals surface area (Å²) in [7, 11) is 0. The lowest BCUT2D eigenvalue weighted by molar-refractivity contribution is 0.668. The summed E-state index contributed by atoms with van der Waals surface area (Å²) in [6.07, 6.45) is 3.93. The quantitative estimate of drug-likeness (QED) is 0.122. The third kappa shape index (κ3) is 8.00. The molecule has 0 N–H and O–H groups in total. The van der Waals surface area contributed by atoms with Gasteiger partial charge in [0.1, 0.15) is 22.3 Å². The van der Waals surface area contributed by atoms with Crippen molar-refractivity contribution >= 4 is 132 Å². The Labute approximate surface area is 487 Å². The molecule has 0 aliphatic heterocycles. The Morgan fingerprint density at radius 1 is 0.262 bits per heavy atom. The van der Waals surface area contributed by atoms with Crippen molar-refractivity contribution in [2.45, 2.75) is 53.4 Å². The molecule has 84 heavy (non-hydrogen) atoms. The van der Waals surface area contributed by atoms with Gasteiger partial charge in [-0.05, 0) is 192 Å². The van der Waals surface area contributed by atoms with E-state index in [1.54, 1.807) is 0 Å². The third-order valence-electron chi connectivity index (χ3n) is 17.6. The number of hydrogen-bond donors (Lipinski definition) is 0. The van der Waals surface area contributed by atoms with E-state index >= 15 is 0 Å². The fourth-order valence-electron chi connectivity index (χ4n) is 13.4. The van der Waals surface area contributed by atoms with E-state index in [1.807, 2.05) is 0 Å². The molecular formula is C78H60N4O2. The molecule has 12 aromatic carbocycles. The van der Waals surface area contributed by atoms with Gasteiger partial charge >= 0.3 is 0 Å². The number of anilines is 6. The van der Waals surface area contributed by atoms with Gasteiger partial charge in [0.15, 0.2) is 0 Å². The summed E-state index contributed by atoms with van der Waals surface area (Å²) >= 11 is 0. The van der Waals surface area contributed by atoms with Crippen LogP contribution >= 0.6 is 0 Å². The largest absolute Gasteiger partial charge is 0.456 e. The summed E-state index contributed by atoms with van der Waals surface area (Å²) in [6.45, 7) is 8.97. The number of aryl methyl sites for hydroxylation is 4. The van der Waals surface area contributed by atoms with Crippen LogP contribution in [0.1, 0.15) is 49.9 Å². The van der Waals surface area contributed by atoms with E-state index in [9.17, 15) is 0 Å². The zero-order valence-corrected chi connectivity index (χ0v) is 47.5. The summed E-state index contributed by atoms with van der Waals surface area (Å²) in [5, 5.41) is 11.4. The van der Waals surface area contributed by atoms with Crippen LogP contribution in [-0.4, -0.2) is 9.13 Å². The van der Waals surface area contributed by atoms with Crippen LogP contribution in [0.3, 0.4) is 0 Å². The Hall–Kier alpha value is -10.3. The summed E-state index contributed by atoms with van der Waals surface area (Å²) in [5.41, 5.74) is 22.2. The second kappa shape index (κ2) is 19.7. The highest BCUT2D eigenvalue weighted by Crippen LogP contribution is 2.45.